The number of rotatable bonds is 1. The molecule has 0 aliphatic rings. The fourth-order valence-electron chi connectivity index (χ4n) is 2.86. The lowest BCUT2D eigenvalue weighted by Gasteiger charge is -2.03. The second-order valence-corrected chi connectivity index (χ2v) is 6.01. The Morgan fingerprint density at radius 3 is 2.45 bits per heavy atom. The normalized spacial score (nSPS) is 11.4. The predicted octanol–water partition coefficient (Wildman–Crippen LogP) is 4.55. The summed E-state index contributed by atoms with van der Waals surface area (Å²) in [6.07, 6.45) is 0. The molecule has 2 N–H and O–H groups in total. The van der Waals surface area contributed by atoms with Gasteiger partial charge in [0.1, 0.15) is 4.83 Å². The molecular formula is C17H14N2S. The number of nitrogens with two attached hydrogens (primary N) is 1. The third-order valence-electron chi connectivity index (χ3n) is 3.83. The first kappa shape index (κ1) is 11.6. The summed E-state index contributed by atoms with van der Waals surface area (Å²) >= 11 is 1.76. The maximum Gasteiger partial charge on any atom is 0.124 e. The molecular weight excluding hydrogens is 264 g/mol. The van der Waals surface area contributed by atoms with Gasteiger partial charge in [-0.15, -0.1) is 11.3 Å². The SMILES string of the molecule is Cc1c(-c2ccccc2)c2c3ccccc3sc2n1N. The van der Waals surface area contributed by atoms with Crippen molar-refractivity contribution in [2.45, 2.75) is 6.92 Å². The van der Waals surface area contributed by atoms with Gasteiger partial charge in [-0.05, 0) is 18.6 Å². The number of fused-ring (bicyclic) bond motifs is 3. The smallest absolute Gasteiger partial charge is 0.124 e. The van der Waals surface area contributed by atoms with Crippen molar-refractivity contribution >= 4 is 31.6 Å². The van der Waals surface area contributed by atoms with Crippen LogP contribution in [-0.2, 0) is 0 Å². The van der Waals surface area contributed by atoms with Crippen molar-refractivity contribution in [3.63, 3.8) is 0 Å². The van der Waals surface area contributed by atoms with Crippen LogP contribution in [0, 0.1) is 6.92 Å². The highest BCUT2D eigenvalue weighted by molar-refractivity contribution is 7.25. The molecule has 0 radical (unpaired) electrons. The van der Waals surface area contributed by atoms with E-state index in [1.807, 2.05) is 10.7 Å². The summed E-state index contributed by atoms with van der Waals surface area (Å²) in [7, 11) is 0. The zero-order valence-corrected chi connectivity index (χ0v) is 11.9. The van der Waals surface area contributed by atoms with E-state index in [1.165, 1.54) is 26.6 Å². The van der Waals surface area contributed by atoms with Crippen molar-refractivity contribution in [2.75, 3.05) is 5.84 Å². The Bertz CT molecular complexity index is 916. The fraction of sp³-hybridized carbons (Fsp3) is 0.0588. The Hall–Kier alpha value is -2.26. The molecule has 0 aliphatic carbocycles. The van der Waals surface area contributed by atoms with Crippen LogP contribution in [0.1, 0.15) is 5.69 Å². The van der Waals surface area contributed by atoms with Crippen LogP contribution in [0.3, 0.4) is 0 Å². The third kappa shape index (κ3) is 1.44. The lowest BCUT2D eigenvalue weighted by atomic mass is 10.0. The van der Waals surface area contributed by atoms with Crippen LogP contribution in [0.4, 0.5) is 0 Å². The number of nitrogens with zero attached hydrogens (tertiary/aromatic N) is 1. The molecule has 0 spiro atoms. The number of benzene rings is 2. The summed E-state index contributed by atoms with van der Waals surface area (Å²) < 4.78 is 3.11. The first-order valence-electron chi connectivity index (χ1n) is 6.60. The van der Waals surface area contributed by atoms with Crippen molar-refractivity contribution in [1.29, 1.82) is 0 Å². The van der Waals surface area contributed by atoms with Crippen LogP contribution in [0.5, 0.6) is 0 Å². The minimum atomic E-state index is 1.11. The van der Waals surface area contributed by atoms with Crippen LogP contribution >= 0.6 is 11.3 Å². The first-order chi connectivity index (χ1) is 9.77. The number of hydrogen-bond donors (Lipinski definition) is 1. The average Bonchev–Trinajstić information content (AvgIpc) is 2.97. The Balaban J connectivity index is 2.22. The highest BCUT2D eigenvalue weighted by atomic mass is 32.1. The van der Waals surface area contributed by atoms with E-state index >= 15 is 0 Å². The van der Waals surface area contributed by atoms with Gasteiger partial charge in [-0.2, -0.15) is 0 Å². The molecule has 0 unspecified atom stereocenters. The van der Waals surface area contributed by atoms with E-state index in [4.69, 9.17) is 5.84 Å². The van der Waals surface area contributed by atoms with Gasteiger partial charge in [-0.25, -0.2) is 0 Å². The van der Waals surface area contributed by atoms with Gasteiger partial charge in [0.2, 0.25) is 0 Å². The molecule has 0 amide bonds. The fourth-order valence-corrected chi connectivity index (χ4v) is 4.04. The van der Waals surface area contributed by atoms with Crippen molar-refractivity contribution in [3.8, 4) is 11.1 Å². The second kappa shape index (κ2) is 4.12. The highest BCUT2D eigenvalue weighted by Crippen LogP contribution is 2.42. The molecule has 0 saturated heterocycles. The zero-order valence-electron chi connectivity index (χ0n) is 11.1. The number of nitrogen functional groups attached to an aromatic ring is 1. The summed E-state index contributed by atoms with van der Waals surface area (Å²) in [6, 6.07) is 19.0. The molecule has 98 valence electrons. The minimum Gasteiger partial charge on any atom is -0.338 e. The van der Waals surface area contributed by atoms with Gasteiger partial charge in [0.05, 0.1) is 0 Å². The summed E-state index contributed by atoms with van der Waals surface area (Å²) in [5, 5.41) is 2.57. The van der Waals surface area contributed by atoms with Crippen molar-refractivity contribution < 1.29 is 0 Å². The highest BCUT2D eigenvalue weighted by Gasteiger charge is 2.18. The van der Waals surface area contributed by atoms with E-state index in [1.54, 1.807) is 11.3 Å². The molecule has 2 heterocycles. The van der Waals surface area contributed by atoms with E-state index in [2.05, 4.69) is 55.5 Å². The molecule has 20 heavy (non-hydrogen) atoms. The van der Waals surface area contributed by atoms with Crippen molar-refractivity contribution in [1.82, 2.24) is 4.68 Å². The van der Waals surface area contributed by atoms with Gasteiger partial charge >= 0.3 is 0 Å². The van der Waals surface area contributed by atoms with Gasteiger partial charge in [-0.1, -0.05) is 48.5 Å². The molecule has 0 atom stereocenters. The van der Waals surface area contributed by atoms with Crippen LogP contribution in [0.15, 0.2) is 54.6 Å². The van der Waals surface area contributed by atoms with Gasteiger partial charge < -0.3 is 5.84 Å². The van der Waals surface area contributed by atoms with Crippen LogP contribution in [-0.4, -0.2) is 4.68 Å². The maximum absolute atomic E-state index is 6.27. The van der Waals surface area contributed by atoms with E-state index in [9.17, 15) is 0 Å². The lowest BCUT2D eigenvalue weighted by molar-refractivity contribution is 1.01. The first-order valence-corrected chi connectivity index (χ1v) is 7.42. The Kier molecular flexibility index (Phi) is 2.38. The van der Waals surface area contributed by atoms with Gasteiger partial charge in [-0.3, -0.25) is 4.68 Å². The number of aromatic nitrogens is 1. The predicted molar refractivity (Wildman–Crippen MR) is 87.6 cm³/mol. The molecule has 0 aliphatic heterocycles. The molecule has 0 fully saturated rings. The molecule has 2 aromatic heterocycles. The van der Waals surface area contributed by atoms with Crippen LogP contribution in [0.25, 0.3) is 31.4 Å². The Labute approximate surface area is 121 Å². The molecule has 2 nitrogen and oxygen atoms in total. The average molecular weight is 278 g/mol. The number of thiophene rings is 1. The van der Waals surface area contributed by atoms with Gasteiger partial charge in [0.25, 0.3) is 0 Å². The Morgan fingerprint density at radius 2 is 1.65 bits per heavy atom. The second-order valence-electron chi connectivity index (χ2n) is 4.97. The standard InChI is InChI=1S/C17H14N2S/c1-11-15(12-7-3-2-4-8-12)16-13-9-5-6-10-14(13)20-17(16)19(11)18/h2-10H,18H2,1H3. The molecule has 4 aromatic rings. The topological polar surface area (TPSA) is 30.9 Å². The van der Waals surface area contributed by atoms with Crippen molar-refractivity contribution in [2.24, 2.45) is 0 Å². The molecule has 3 heteroatoms. The van der Waals surface area contributed by atoms with E-state index < -0.39 is 0 Å². The number of hydrogen-bond acceptors (Lipinski definition) is 2. The van der Waals surface area contributed by atoms with Crippen molar-refractivity contribution in [3.05, 3.63) is 60.3 Å². The van der Waals surface area contributed by atoms with Gasteiger partial charge in [0.15, 0.2) is 0 Å². The summed E-state index contributed by atoms with van der Waals surface area (Å²) in [5.74, 6) is 6.27. The lowest BCUT2D eigenvalue weighted by Crippen LogP contribution is -2.08. The Morgan fingerprint density at radius 1 is 0.950 bits per heavy atom. The third-order valence-corrected chi connectivity index (χ3v) is 5.00. The van der Waals surface area contributed by atoms with Crippen LogP contribution in [0.2, 0.25) is 0 Å². The molecule has 0 saturated carbocycles. The van der Waals surface area contributed by atoms with E-state index in [0.717, 1.165) is 10.5 Å². The van der Waals surface area contributed by atoms with Crippen LogP contribution < -0.4 is 5.84 Å². The molecule has 2 aromatic carbocycles. The summed E-state index contributed by atoms with van der Waals surface area (Å²) in [5.41, 5.74) is 3.59. The molecule has 0 bridgehead atoms. The van der Waals surface area contributed by atoms with E-state index in [-0.39, 0.29) is 0 Å². The monoisotopic (exact) mass is 278 g/mol. The van der Waals surface area contributed by atoms with E-state index in [0.29, 0.717) is 0 Å². The molecule has 4 rings (SSSR count). The minimum absolute atomic E-state index is 1.11. The van der Waals surface area contributed by atoms with Gasteiger partial charge in [0, 0.05) is 26.7 Å². The maximum atomic E-state index is 6.27. The quantitative estimate of drug-likeness (QED) is 0.509. The largest absolute Gasteiger partial charge is 0.338 e. The summed E-state index contributed by atoms with van der Waals surface area (Å²) in [6.45, 7) is 2.09. The summed E-state index contributed by atoms with van der Waals surface area (Å²) in [4.78, 5) is 1.14. The zero-order chi connectivity index (χ0) is 13.7.